The zero-order valence-electron chi connectivity index (χ0n) is 20.7. The Morgan fingerprint density at radius 3 is 1.47 bits per heavy atom. The minimum Gasteiger partial charge on any atom is -0.295 e. The van der Waals surface area contributed by atoms with Gasteiger partial charge in [0.2, 0.25) is 0 Å². The highest BCUT2D eigenvalue weighted by atomic mass is 15.1. The van der Waals surface area contributed by atoms with Gasteiger partial charge in [-0.2, -0.15) is 0 Å². The molecule has 0 saturated heterocycles. The molecular weight excluding hydrogens is 386 g/mol. The van der Waals surface area contributed by atoms with Crippen molar-refractivity contribution in [2.75, 3.05) is 6.54 Å². The molecule has 0 heterocycles. The van der Waals surface area contributed by atoms with Gasteiger partial charge >= 0.3 is 0 Å². The van der Waals surface area contributed by atoms with E-state index in [0.29, 0.717) is 0 Å². The maximum Gasteiger partial charge on any atom is 0.0237 e. The van der Waals surface area contributed by atoms with E-state index in [1.54, 1.807) is 0 Å². The molecule has 0 aliphatic heterocycles. The van der Waals surface area contributed by atoms with Crippen molar-refractivity contribution in [2.24, 2.45) is 0 Å². The van der Waals surface area contributed by atoms with Gasteiger partial charge in [-0.1, -0.05) is 144 Å². The third-order valence-corrected chi connectivity index (χ3v) is 6.25. The van der Waals surface area contributed by atoms with Gasteiger partial charge in [-0.25, -0.2) is 0 Å². The number of allylic oxidation sites excluding steroid dienone is 1. The van der Waals surface area contributed by atoms with E-state index in [-0.39, 0.29) is 0 Å². The van der Waals surface area contributed by atoms with Crippen molar-refractivity contribution in [3.63, 3.8) is 0 Å². The zero-order valence-corrected chi connectivity index (χ0v) is 20.7. The van der Waals surface area contributed by atoms with Crippen molar-refractivity contribution in [1.29, 1.82) is 0 Å². The molecule has 0 aliphatic carbocycles. The number of nitrogens with zero attached hydrogens (tertiary/aromatic N) is 1. The van der Waals surface area contributed by atoms with Crippen LogP contribution in [0.15, 0.2) is 72.8 Å². The summed E-state index contributed by atoms with van der Waals surface area (Å²) in [5.41, 5.74) is 2.79. The first-order valence-electron chi connectivity index (χ1n) is 13.3. The summed E-state index contributed by atoms with van der Waals surface area (Å²) < 4.78 is 0. The van der Waals surface area contributed by atoms with Crippen LogP contribution in [0.4, 0.5) is 0 Å². The molecule has 0 saturated carbocycles. The average Bonchev–Trinajstić information content (AvgIpc) is 2.83. The lowest BCUT2D eigenvalue weighted by Gasteiger charge is -2.22. The standard InChI is InChI=1S/C31H47N/c1-2-3-4-5-6-7-8-9-10-11-12-13-14-15-22-27-32(28-30-23-18-16-19-24-30)29-31-25-20-17-21-26-31/h14-21,23-26H,2-13,22,27-29H2,1H3/b15-14+. The predicted molar refractivity (Wildman–Crippen MR) is 142 cm³/mol. The van der Waals surface area contributed by atoms with Gasteiger partial charge in [0.05, 0.1) is 0 Å². The highest BCUT2D eigenvalue weighted by Crippen LogP contribution is 2.13. The maximum absolute atomic E-state index is 2.57. The van der Waals surface area contributed by atoms with Gasteiger partial charge in [0.25, 0.3) is 0 Å². The van der Waals surface area contributed by atoms with Crippen molar-refractivity contribution < 1.29 is 0 Å². The molecule has 0 spiro atoms. The summed E-state index contributed by atoms with van der Waals surface area (Å²) in [5, 5.41) is 0. The van der Waals surface area contributed by atoms with Gasteiger partial charge in [-0.05, 0) is 30.4 Å². The molecule has 0 unspecified atom stereocenters. The number of benzene rings is 2. The van der Waals surface area contributed by atoms with Crippen LogP contribution in [0.5, 0.6) is 0 Å². The molecule has 0 amide bonds. The van der Waals surface area contributed by atoms with E-state index in [9.17, 15) is 0 Å². The zero-order chi connectivity index (χ0) is 22.5. The number of rotatable bonds is 19. The molecule has 0 radical (unpaired) electrons. The van der Waals surface area contributed by atoms with E-state index >= 15 is 0 Å². The fraction of sp³-hybridized carbons (Fsp3) is 0.548. The molecule has 0 bridgehead atoms. The normalized spacial score (nSPS) is 11.6. The predicted octanol–water partition coefficient (Wildman–Crippen LogP) is 9.34. The van der Waals surface area contributed by atoms with Gasteiger partial charge in [0.1, 0.15) is 0 Å². The Hall–Kier alpha value is -1.86. The van der Waals surface area contributed by atoms with Crippen LogP contribution in [-0.4, -0.2) is 11.4 Å². The van der Waals surface area contributed by atoms with Gasteiger partial charge in [-0.3, -0.25) is 4.90 Å². The second-order valence-corrected chi connectivity index (χ2v) is 9.27. The van der Waals surface area contributed by atoms with E-state index < -0.39 is 0 Å². The maximum atomic E-state index is 2.57. The Kier molecular flexibility index (Phi) is 15.4. The molecule has 2 rings (SSSR count). The molecule has 0 atom stereocenters. The fourth-order valence-electron chi connectivity index (χ4n) is 4.32. The molecule has 176 valence electrons. The van der Waals surface area contributed by atoms with Crippen LogP contribution in [0.25, 0.3) is 0 Å². The Morgan fingerprint density at radius 2 is 0.969 bits per heavy atom. The van der Waals surface area contributed by atoms with Crippen LogP contribution in [-0.2, 0) is 13.1 Å². The van der Waals surface area contributed by atoms with E-state index in [4.69, 9.17) is 0 Å². The summed E-state index contributed by atoms with van der Waals surface area (Å²) in [4.78, 5) is 2.57. The van der Waals surface area contributed by atoms with E-state index in [1.165, 1.54) is 88.2 Å². The van der Waals surface area contributed by atoms with Crippen LogP contribution in [0.1, 0.15) is 102 Å². The second-order valence-electron chi connectivity index (χ2n) is 9.27. The topological polar surface area (TPSA) is 3.24 Å². The summed E-state index contributed by atoms with van der Waals surface area (Å²) in [5.74, 6) is 0. The van der Waals surface area contributed by atoms with Crippen molar-refractivity contribution in [3.8, 4) is 0 Å². The van der Waals surface area contributed by atoms with Crippen molar-refractivity contribution in [1.82, 2.24) is 4.90 Å². The largest absolute Gasteiger partial charge is 0.295 e. The first-order valence-corrected chi connectivity index (χ1v) is 13.3. The summed E-state index contributed by atoms with van der Waals surface area (Å²) in [7, 11) is 0. The van der Waals surface area contributed by atoms with Crippen molar-refractivity contribution in [3.05, 3.63) is 83.9 Å². The Balaban J connectivity index is 1.54. The summed E-state index contributed by atoms with van der Waals surface area (Å²) in [6, 6.07) is 21.7. The number of hydrogen-bond acceptors (Lipinski definition) is 1. The molecule has 0 aliphatic rings. The van der Waals surface area contributed by atoms with E-state index in [0.717, 1.165) is 26.1 Å². The lowest BCUT2D eigenvalue weighted by Crippen LogP contribution is -2.23. The summed E-state index contributed by atoms with van der Waals surface area (Å²) in [6.45, 7) is 5.44. The first kappa shape index (κ1) is 26.4. The highest BCUT2D eigenvalue weighted by molar-refractivity contribution is 5.17. The minimum atomic E-state index is 1.02. The fourth-order valence-corrected chi connectivity index (χ4v) is 4.32. The SMILES string of the molecule is CCCCCCCCCCCCC/C=C/CCN(Cc1ccccc1)Cc1ccccc1. The molecule has 0 aromatic heterocycles. The molecule has 2 aromatic rings. The lowest BCUT2D eigenvalue weighted by molar-refractivity contribution is 0.262. The van der Waals surface area contributed by atoms with Crippen molar-refractivity contribution >= 4 is 0 Å². The van der Waals surface area contributed by atoms with Gasteiger partial charge in [-0.15, -0.1) is 0 Å². The van der Waals surface area contributed by atoms with Gasteiger partial charge in [0.15, 0.2) is 0 Å². The summed E-state index contributed by atoms with van der Waals surface area (Å²) in [6.07, 6.45) is 22.8. The minimum absolute atomic E-state index is 1.02. The molecular formula is C31H47N. The molecule has 1 nitrogen and oxygen atoms in total. The molecule has 32 heavy (non-hydrogen) atoms. The van der Waals surface area contributed by atoms with Crippen LogP contribution >= 0.6 is 0 Å². The number of hydrogen-bond donors (Lipinski definition) is 0. The Labute approximate surface area is 198 Å². The third-order valence-electron chi connectivity index (χ3n) is 6.25. The first-order chi connectivity index (χ1) is 15.9. The molecule has 1 heteroatoms. The van der Waals surface area contributed by atoms with Crippen LogP contribution in [0, 0.1) is 0 Å². The molecule has 0 N–H and O–H groups in total. The van der Waals surface area contributed by atoms with Gasteiger partial charge in [0, 0.05) is 19.6 Å². The van der Waals surface area contributed by atoms with Crippen LogP contribution < -0.4 is 0 Å². The van der Waals surface area contributed by atoms with Crippen molar-refractivity contribution in [2.45, 2.75) is 103 Å². The third kappa shape index (κ3) is 13.5. The monoisotopic (exact) mass is 433 g/mol. The number of unbranched alkanes of at least 4 members (excludes halogenated alkanes) is 11. The lowest BCUT2D eigenvalue weighted by atomic mass is 10.1. The van der Waals surface area contributed by atoms with Crippen LogP contribution in [0.2, 0.25) is 0 Å². The quantitative estimate of drug-likeness (QED) is 0.157. The second kappa shape index (κ2) is 18.7. The van der Waals surface area contributed by atoms with Gasteiger partial charge < -0.3 is 0 Å². The van der Waals surface area contributed by atoms with Crippen LogP contribution in [0.3, 0.4) is 0 Å². The highest BCUT2D eigenvalue weighted by Gasteiger charge is 2.06. The summed E-state index contributed by atoms with van der Waals surface area (Å²) >= 11 is 0. The smallest absolute Gasteiger partial charge is 0.0237 e. The average molecular weight is 434 g/mol. The Morgan fingerprint density at radius 1 is 0.531 bits per heavy atom. The molecule has 0 fully saturated rings. The van der Waals surface area contributed by atoms with E-state index in [1.807, 2.05) is 0 Å². The molecule has 2 aromatic carbocycles. The van der Waals surface area contributed by atoms with E-state index in [2.05, 4.69) is 84.6 Å². The Bertz CT molecular complexity index is 635.